The minimum absolute atomic E-state index is 0.235. The van der Waals surface area contributed by atoms with Gasteiger partial charge in [0.1, 0.15) is 0 Å². The Morgan fingerprint density at radius 1 is 1.21 bits per heavy atom. The van der Waals surface area contributed by atoms with Crippen LogP contribution in [0.1, 0.15) is 57.1 Å². The Labute approximate surface area is 174 Å². The number of rotatable bonds is 7. The molecule has 1 aliphatic carbocycles. The number of nitrogens with zero attached hydrogens (tertiary/aromatic N) is 3. The summed E-state index contributed by atoms with van der Waals surface area (Å²) in [6.45, 7) is 8.58. The molecule has 1 saturated heterocycles. The summed E-state index contributed by atoms with van der Waals surface area (Å²) in [6.07, 6.45) is 5.25. The Morgan fingerprint density at radius 3 is 2.59 bits per heavy atom. The number of hydrogen-bond donors (Lipinski definition) is 2. The van der Waals surface area contributed by atoms with Crippen molar-refractivity contribution in [1.82, 2.24) is 20.4 Å². The van der Waals surface area contributed by atoms with Gasteiger partial charge in [-0.15, -0.1) is 0 Å². The van der Waals surface area contributed by atoms with Crippen molar-refractivity contribution >= 4 is 11.9 Å². The Balaban J connectivity index is 1.21. The van der Waals surface area contributed by atoms with Crippen molar-refractivity contribution in [1.29, 1.82) is 0 Å². The van der Waals surface area contributed by atoms with Crippen molar-refractivity contribution in [2.75, 3.05) is 19.6 Å². The van der Waals surface area contributed by atoms with E-state index < -0.39 is 0 Å². The van der Waals surface area contributed by atoms with Crippen molar-refractivity contribution in [3.8, 4) is 0 Å². The molecule has 1 aromatic carbocycles. The topological polar surface area (TPSA) is 60.0 Å². The van der Waals surface area contributed by atoms with Crippen LogP contribution in [-0.2, 0) is 17.9 Å². The highest BCUT2D eigenvalue weighted by Gasteiger charge is 2.38. The maximum absolute atomic E-state index is 12.5. The number of fused-ring (bicyclic) bond motifs is 1. The van der Waals surface area contributed by atoms with Gasteiger partial charge in [0.05, 0.1) is 0 Å². The third kappa shape index (κ3) is 5.10. The third-order valence-corrected chi connectivity index (χ3v) is 6.34. The predicted molar refractivity (Wildman–Crippen MR) is 117 cm³/mol. The number of carbonyl (C=O) groups is 1. The van der Waals surface area contributed by atoms with E-state index in [-0.39, 0.29) is 5.91 Å². The molecule has 29 heavy (non-hydrogen) atoms. The van der Waals surface area contributed by atoms with Gasteiger partial charge in [0.25, 0.3) is 0 Å². The lowest BCUT2D eigenvalue weighted by Gasteiger charge is -2.20. The first-order valence-corrected chi connectivity index (χ1v) is 11.3. The van der Waals surface area contributed by atoms with Crippen LogP contribution < -0.4 is 10.6 Å². The zero-order valence-electron chi connectivity index (χ0n) is 17.9. The molecule has 2 aliphatic heterocycles. The van der Waals surface area contributed by atoms with Crippen molar-refractivity contribution in [3.63, 3.8) is 0 Å². The molecular formula is C23H35N5O. The normalized spacial score (nSPS) is 24.6. The summed E-state index contributed by atoms with van der Waals surface area (Å²) in [5, 5.41) is 6.98. The molecule has 1 amide bonds. The van der Waals surface area contributed by atoms with Gasteiger partial charge >= 0.3 is 0 Å². The van der Waals surface area contributed by atoms with E-state index in [4.69, 9.17) is 4.99 Å². The van der Waals surface area contributed by atoms with E-state index in [1.807, 2.05) is 17.0 Å². The lowest BCUT2D eigenvalue weighted by atomic mass is 10.1. The maximum atomic E-state index is 12.5. The van der Waals surface area contributed by atoms with E-state index in [9.17, 15) is 4.79 Å². The molecule has 4 rings (SSSR count). The second-order valence-corrected chi connectivity index (χ2v) is 8.74. The van der Waals surface area contributed by atoms with Crippen molar-refractivity contribution < 1.29 is 4.79 Å². The minimum atomic E-state index is 0.235. The lowest BCUT2D eigenvalue weighted by molar-refractivity contribution is -0.131. The first-order valence-electron chi connectivity index (χ1n) is 11.3. The van der Waals surface area contributed by atoms with Crippen LogP contribution in [0.2, 0.25) is 0 Å². The van der Waals surface area contributed by atoms with Gasteiger partial charge < -0.3 is 15.5 Å². The molecule has 0 spiro atoms. The molecule has 1 saturated carbocycles. The summed E-state index contributed by atoms with van der Waals surface area (Å²) in [5.74, 6) is 1.13. The highest BCUT2D eigenvalue weighted by molar-refractivity contribution is 5.80. The largest absolute Gasteiger partial charge is 0.357 e. The van der Waals surface area contributed by atoms with Crippen molar-refractivity contribution in [2.24, 2.45) is 4.99 Å². The summed E-state index contributed by atoms with van der Waals surface area (Å²) >= 11 is 0. The van der Waals surface area contributed by atoms with Gasteiger partial charge in [-0.2, -0.15) is 0 Å². The van der Waals surface area contributed by atoms with Crippen LogP contribution in [0, 0.1) is 0 Å². The summed E-state index contributed by atoms with van der Waals surface area (Å²) < 4.78 is 0. The fourth-order valence-corrected chi connectivity index (χ4v) is 4.68. The van der Waals surface area contributed by atoms with Crippen molar-refractivity contribution in [3.05, 3.63) is 35.4 Å². The quantitative estimate of drug-likeness (QED) is 0.422. The van der Waals surface area contributed by atoms with Crippen LogP contribution in [0.5, 0.6) is 0 Å². The number of benzene rings is 1. The van der Waals surface area contributed by atoms with Gasteiger partial charge in [0, 0.05) is 57.3 Å². The second-order valence-electron chi connectivity index (χ2n) is 8.74. The maximum Gasteiger partial charge on any atom is 0.223 e. The molecule has 2 fully saturated rings. The Bertz CT molecular complexity index is 720. The molecule has 3 aliphatic rings. The van der Waals surface area contributed by atoms with Gasteiger partial charge in [-0.1, -0.05) is 24.3 Å². The second kappa shape index (κ2) is 9.16. The molecule has 2 N–H and O–H groups in total. The highest BCUT2D eigenvalue weighted by atomic mass is 16.2. The number of carbonyl (C=O) groups excluding carboxylic acids is 1. The Kier molecular flexibility index (Phi) is 6.38. The fraction of sp³-hybridized carbons (Fsp3) is 0.652. The molecule has 2 unspecified atom stereocenters. The van der Waals surface area contributed by atoms with Crippen LogP contribution in [0.25, 0.3) is 0 Å². The monoisotopic (exact) mass is 397 g/mol. The Morgan fingerprint density at radius 2 is 1.93 bits per heavy atom. The van der Waals surface area contributed by atoms with E-state index in [1.54, 1.807) is 0 Å². The number of amides is 1. The Hall–Kier alpha value is -2.08. The molecular weight excluding hydrogens is 362 g/mol. The summed E-state index contributed by atoms with van der Waals surface area (Å²) in [4.78, 5) is 21.9. The smallest absolute Gasteiger partial charge is 0.223 e. The lowest BCUT2D eigenvalue weighted by Crippen LogP contribution is -2.44. The van der Waals surface area contributed by atoms with E-state index in [0.29, 0.717) is 25.0 Å². The van der Waals surface area contributed by atoms with Gasteiger partial charge in [0.2, 0.25) is 5.91 Å². The molecule has 158 valence electrons. The SMILES string of the molecule is CCNC(=NCCCC(=O)N1Cc2ccccc2C1)NC1CC(C)N(C2CC2)C1. The molecule has 6 nitrogen and oxygen atoms in total. The average molecular weight is 398 g/mol. The zero-order chi connectivity index (χ0) is 20.2. The highest BCUT2D eigenvalue weighted by Crippen LogP contribution is 2.33. The van der Waals surface area contributed by atoms with Gasteiger partial charge in [0.15, 0.2) is 5.96 Å². The molecule has 6 heteroatoms. The first-order chi connectivity index (χ1) is 14.1. The van der Waals surface area contributed by atoms with E-state index in [2.05, 4.69) is 41.5 Å². The first kappa shape index (κ1) is 20.2. The predicted octanol–water partition coefficient (Wildman–Crippen LogP) is 2.49. The molecule has 0 bridgehead atoms. The molecule has 1 aromatic rings. The van der Waals surface area contributed by atoms with Crippen LogP contribution in [0.3, 0.4) is 0 Å². The number of guanidine groups is 1. The number of hydrogen-bond acceptors (Lipinski definition) is 3. The molecule has 0 radical (unpaired) electrons. The average Bonchev–Trinajstić information content (AvgIpc) is 3.35. The summed E-state index contributed by atoms with van der Waals surface area (Å²) in [6, 6.07) is 10.3. The fourth-order valence-electron chi connectivity index (χ4n) is 4.68. The number of aliphatic imine (C=N–C) groups is 1. The minimum Gasteiger partial charge on any atom is -0.357 e. The summed E-state index contributed by atoms with van der Waals surface area (Å²) in [7, 11) is 0. The standard InChI is InChI=1S/C23H35N5O/c1-3-24-23(26-20-13-17(2)28(16-20)21-10-11-21)25-12-6-9-22(29)27-14-18-7-4-5-8-19(18)15-27/h4-5,7-8,17,20-21H,3,6,9-16H2,1-2H3,(H2,24,25,26). The molecule has 2 heterocycles. The van der Waals surface area contributed by atoms with E-state index >= 15 is 0 Å². The van der Waals surface area contributed by atoms with Crippen LogP contribution in [-0.4, -0.2) is 59.4 Å². The van der Waals surface area contributed by atoms with E-state index in [0.717, 1.165) is 44.6 Å². The van der Waals surface area contributed by atoms with Gasteiger partial charge in [-0.3, -0.25) is 14.7 Å². The van der Waals surface area contributed by atoms with Gasteiger partial charge in [-0.05, 0) is 50.7 Å². The van der Waals surface area contributed by atoms with Gasteiger partial charge in [-0.25, -0.2) is 0 Å². The van der Waals surface area contributed by atoms with Crippen LogP contribution in [0.15, 0.2) is 29.3 Å². The summed E-state index contributed by atoms with van der Waals surface area (Å²) in [5.41, 5.74) is 2.56. The number of nitrogens with one attached hydrogen (secondary N) is 2. The van der Waals surface area contributed by atoms with E-state index in [1.165, 1.54) is 30.4 Å². The zero-order valence-corrected chi connectivity index (χ0v) is 17.9. The number of likely N-dealkylation sites (tertiary alicyclic amines) is 1. The molecule has 0 aromatic heterocycles. The van der Waals surface area contributed by atoms with Crippen LogP contribution in [0.4, 0.5) is 0 Å². The van der Waals surface area contributed by atoms with Crippen molar-refractivity contribution in [2.45, 2.75) is 77.2 Å². The van der Waals surface area contributed by atoms with Crippen LogP contribution >= 0.6 is 0 Å². The molecule has 2 atom stereocenters. The third-order valence-electron chi connectivity index (χ3n) is 6.34.